The first-order chi connectivity index (χ1) is 24.3. The molecule has 7 aromatic carbocycles. The Morgan fingerprint density at radius 3 is 1.16 bits per heavy atom. The van der Waals surface area contributed by atoms with Crippen LogP contribution in [0.5, 0.6) is 0 Å². The molecule has 0 atom stereocenters. The molecule has 0 fully saturated rings. The number of fused-ring (bicyclic) bond motifs is 3. The Kier molecular flexibility index (Phi) is 7.10. The van der Waals surface area contributed by atoms with Gasteiger partial charge in [-0.1, -0.05) is 164 Å². The van der Waals surface area contributed by atoms with Crippen LogP contribution in [0.1, 0.15) is 0 Å². The van der Waals surface area contributed by atoms with E-state index in [-0.39, 0.29) is 0 Å². The lowest BCUT2D eigenvalue weighted by Crippen LogP contribution is -2.00. The van der Waals surface area contributed by atoms with Crippen LogP contribution in [0.3, 0.4) is 0 Å². The van der Waals surface area contributed by atoms with Crippen LogP contribution in [-0.4, -0.2) is 15.0 Å². The number of rotatable bonds is 6. The van der Waals surface area contributed by atoms with E-state index in [0.717, 1.165) is 60.9 Å². The second kappa shape index (κ2) is 12.2. The summed E-state index contributed by atoms with van der Waals surface area (Å²) < 4.78 is 6.42. The van der Waals surface area contributed by atoms with E-state index in [9.17, 15) is 0 Å². The summed E-state index contributed by atoms with van der Waals surface area (Å²) in [6, 6.07) is 60.4. The molecule has 9 aromatic rings. The minimum atomic E-state index is 0.598. The van der Waals surface area contributed by atoms with Crippen molar-refractivity contribution >= 4 is 21.9 Å². The Balaban J connectivity index is 1.17. The van der Waals surface area contributed by atoms with Gasteiger partial charge in [0.1, 0.15) is 11.2 Å². The molecule has 0 aliphatic carbocycles. The zero-order chi connectivity index (χ0) is 32.6. The van der Waals surface area contributed by atoms with Gasteiger partial charge in [-0.15, -0.1) is 0 Å². The first-order valence-corrected chi connectivity index (χ1v) is 16.4. The number of nitrogens with zero attached hydrogens (tertiary/aromatic N) is 3. The van der Waals surface area contributed by atoms with Gasteiger partial charge in [0, 0.05) is 27.5 Å². The highest BCUT2D eigenvalue weighted by molar-refractivity contribution is 6.17. The summed E-state index contributed by atoms with van der Waals surface area (Å²) in [5.41, 5.74) is 11.3. The molecule has 0 radical (unpaired) electrons. The van der Waals surface area contributed by atoms with Gasteiger partial charge in [-0.2, -0.15) is 0 Å². The Labute approximate surface area is 284 Å². The van der Waals surface area contributed by atoms with Crippen LogP contribution in [-0.2, 0) is 0 Å². The summed E-state index contributed by atoms with van der Waals surface area (Å²) in [6.07, 6.45) is 0. The minimum Gasteiger partial charge on any atom is -0.456 e. The molecule has 0 saturated carbocycles. The zero-order valence-electron chi connectivity index (χ0n) is 26.5. The summed E-state index contributed by atoms with van der Waals surface area (Å²) in [5, 5.41) is 2.03. The third kappa shape index (κ3) is 5.35. The second-order valence-electron chi connectivity index (χ2n) is 12.0. The van der Waals surface area contributed by atoms with Crippen LogP contribution in [0.15, 0.2) is 180 Å². The van der Waals surface area contributed by atoms with Crippen molar-refractivity contribution in [2.24, 2.45) is 0 Å². The van der Waals surface area contributed by atoms with Crippen molar-refractivity contribution in [3.05, 3.63) is 176 Å². The summed E-state index contributed by atoms with van der Waals surface area (Å²) in [4.78, 5) is 15.2. The molecule has 0 aliphatic rings. The van der Waals surface area contributed by atoms with E-state index in [0.29, 0.717) is 17.5 Å². The Morgan fingerprint density at radius 2 is 0.633 bits per heavy atom. The standard InChI is InChI=1S/C45H29N3O/c1-4-12-30(13-5-1)31-22-24-32(25-23-31)33-26-28-36(29-27-33)44-46-43(35-16-8-3-9-17-35)47-45(48-44)38-19-11-21-40-42(38)41-37(18-10-20-39(41)49-40)34-14-6-2-7-15-34/h1-29H. The molecule has 0 N–H and O–H groups in total. The normalized spacial score (nSPS) is 11.3. The number of aromatic nitrogens is 3. The van der Waals surface area contributed by atoms with E-state index in [2.05, 4.69) is 109 Å². The highest BCUT2D eigenvalue weighted by Gasteiger charge is 2.20. The van der Waals surface area contributed by atoms with Gasteiger partial charge in [0.25, 0.3) is 0 Å². The lowest BCUT2D eigenvalue weighted by molar-refractivity contribution is 0.669. The van der Waals surface area contributed by atoms with Crippen LogP contribution in [0.4, 0.5) is 0 Å². The highest BCUT2D eigenvalue weighted by atomic mass is 16.3. The highest BCUT2D eigenvalue weighted by Crippen LogP contribution is 2.41. The largest absolute Gasteiger partial charge is 0.456 e. The van der Waals surface area contributed by atoms with E-state index in [1.807, 2.05) is 66.7 Å². The molecular formula is C45H29N3O. The summed E-state index contributed by atoms with van der Waals surface area (Å²) in [6.45, 7) is 0. The fourth-order valence-electron chi connectivity index (χ4n) is 6.55. The molecule has 9 rings (SSSR count). The maximum atomic E-state index is 6.42. The summed E-state index contributed by atoms with van der Waals surface area (Å²) in [7, 11) is 0. The summed E-state index contributed by atoms with van der Waals surface area (Å²) in [5.74, 6) is 1.83. The van der Waals surface area contributed by atoms with E-state index >= 15 is 0 Å². The van der Waals surface area contributed by atoms with Crippen molar-refractivity contribution in [2.75, 3.05) is 0 Å². The van der Waals surface area contributed by atoms with Crippen LogP contribution in [0, 0.1) is 0 Å². The van der Waals surface area contributed by atoms with Gasteiger partial charge < -0.3 is 4.42 Å². The molecule has 2 aromatic heterocycles. The number of benzene rings is 7. The maximum Gasteiger partial charge on any atom is 0.164 e. The lowest BCUT2D eigenvalue weighted by atomic mass is 9.97. The van der Waals surface area contributed by atoms with Gasteiger partial charge >= 0.3 is 0 Å². The monoisotopic (exact) mass is 627 g/mol. The van der Waals surface area contributed by atoms with E-state index in [1.54, 1.807) is 0 Å². The zero-order valence-corrected chi connectivity index (χ0v) is 26.5. The van der Waals surface area contributed by atoms with Crippen LogP contribution in [0.2, 0.25) is 0 Å². The fourth-order valence-corrected chi connectivity index (χ4v) is 6.55. The predicted octanol–water partition coefficient (Wildman–Crippen LogP) is 11.8. The Hall–Kier alpha value is -6.65. The summed E-state index contributed by atoms with van der Waals surface area (Å²) >= 11 is 0. The van der Waals surface area contributed by atoms with Crippen molar-refractivity contribution < 1.29 is 4.42 Å². The van der Waals surface area contributed by atoms with Crippen molar-refractivity contribution in [1.29, 1.82) is 0 Å². The van der Waals surface area contributed by atoms with Crippen molar-refractivity contribution in [2.45, 2.75) is 0 Å². The van der Waals surface area contributed by atoms with Gasteiger partial charge in [-0.25, -0.2) is 15.0 Å². The maximum absolute atomic E-state index is 6.42. The smallest absolute Gasteiger partial charge is 0.164 e. The van der Waals surface area contributed by atoms with Crippen LogP contribution in [0.25, 0.3) is 89.5 Å². The SMILES string of the molecule is c1ccc(-c2ccc(-c3ccc(-c4nc(-c5ccccc5)nc(-c5cccc6oc7cccc(-c8ccccc8)c7c56)n4)cc3)cc2)cc1. The molecule has 49 heavy (non-hydrogen) atoms. The van der Waals surface area contributed by atoms with Gasteiger partial charge in [-0.05, 0) is 45.5 Å². The van der Waals surface area contributed by atoms with E-state index < -0.39 is 0 Å². The molecule has 2 heterocycles. The number of hydrogen-bond donors (Lipinski definition) is 0. The third-order valence-corrected chi connectivity index (χ3v) is 8.98. The molecule has 0 spiro atoms. The average molecular weight is 628 g/mol. The quantitative estimate of drug-likeness (QED) is 0.184. The molecule has 230 valence electrons. The first-order valence-electron chi connectivity index (χ1n) is 16.4. The molecule has 0 saturated heterocycles. The minimum absolute atomic E-state index is 0.598. The molecule has 0 bridgehead atoms. The molecule has 0 aliphatic heterocycles. The third-order valence-electron chi connectivity index (χ3n) is 8.98. The Morgan fingerprint density at radius 1 is 0.265 bits per heavy atom. The van der Waals surface area contributed by atoms with E-state index in [4.69, 9.17) is 19.4 Å². The van der Waals surface area contributed by atoms with Crippen molar-refractivity contribution in [3.8, 4) is 67.5 Å². The topological polar surface area (TPSA) is 51.8 Å². The number of furan rings is 1. The van der Waals surface area contributed by atoms with Crippen molar-refractivity contribution in [1.82, 2.24) is 15.0 Å². The number of hydrogen-bond acceptors (Lipinski definition) is 4. The first kappa shape index (κ1) is 28.6. The van der Waals surface area contributed by atoms with Gasteiger partial charge in [0.05, 0.1) is 0 Å². The van der Waals surface area contributed by atoms with Crippen molar-refractivity contribution in [3.63, 3.8) is 0 Å². The molecular weight excluding hydrogens is 599 g/mol. The van der Waals surface area contributed by atoms with E-state index in [1.165, 1.54) is 11.1 Å². The van der Waals surface area contributed by atoms with Crippen LogP contribution < -0.4 is 0 Å². The molecule has 0 unspecified atom stereocenters. The molecule has 4 heteroatoms. The molecule has 4 nitrogen and oxygen atoms in total. The van der Waals surface area contributed by atoms with Crippen LogP contribution >= 0.6 is 0 Å². The lowest BCUT2D eigenvalue weighted by Gasteiger charge is -2.11. The van der Waals surface area contributed by atoms with Gasteiger partial charge in [0.2, 0.25) is 0 Å². The Bertz CT molecular complexity index is 2560. The second-order valence-corrected chi connectivity index (χ2v) is 12.0. The average Bonchev–Trinajstić information content (AvgIpc) is 3.58. The molecule has 0 amide bonds. The fraction of sp³-hybridized carbons (Fsp3) is 0. The predicted molar refractivity (Wildman–Crippen MR) is 200 cm³/mol. The van der Waals surface area contributed by atoms with Gasteiger partial charge in [-0.3, -0.25) is 0 Å². The van der Waals surface area contributed by atoms with Gasteiger partial charge in [0.15, 0.2) is 17.5 Å².